The van der Waals surface area contributed by atoms with Gasteiger partial charge < -0.3 is 4.90 Å². The molecule has 0 saturated heterocycles. The van der Waals surface area contributed by atoms with E-state index in [9.17, 15) is 4.79 Å². The molecule has 0 saturated carbocycles. The fraction of sp³-hybridized carbons (Fsp3) is 0.250. The Labute approximate surface area is 83.8 Å². The third kappa shape index (κ3) is 1.33. The summed E-state index contributed by atoms with van der Waals surface area (Å²) in [5.41, 5.74) is 3.18. The average molecular weight is 187 g/mol. The van der Waals surface area contributed by atoms with Gasteiger partial charge in [0.05, 0.1) is 0 Å². The Hall–Kier alpha value is -1.57. The molecule has 0 aliphatic carbocycles. The highest BCUT2D eigenvalue weighted by atomic mass is 16.2. The quantitative estimate of drug-likeness (QED) is 0.658. The summed E-state index contributed by atoms with van der Waals surface area (Å²) >= 11 is 0. The first-order chi connectivity index (χ1) is 6.70. The maximum atomic E-state index is 11.6. The van der Waals surface area contributed by atoms with Crippen molar-refractivity contribution in [1.82, 2.24) is 4.90 Å². The monoisotopic (exact) mass is 187 g/mol. The van der Waals surface area contributed by atoms with Crippen LogP contribution in [0, 0.1) is 0 Å². The molecule has 2 nitrogen and oxygen atoms in total. The molecular weight excluding hydrogens is 174 g/mol. The van der Waals surface area contributed by atoms with Gasteiger partial charge in [-0.05, 0) is 18.1 Å². The van der Waals surface area contributed by atoms with Crippen molar-refractivity contribution in [2.45, 2.75) is 6.92 Å². The summed E-state index contributed by atoms with van der Waals surface area (Å²) in [4.78, 5) is 13.3. The SMILES string of the molecule is CC1=C(c2ccccc2)CN(C)C1=O. The molecule has 1 amide bonds. The second kappa shape index (κ2) is 3.29. The zero-order valence-corrected chi connectivity index (χ0v) is 8.45. The molecule has 1 aliphatic rings. The van der Waals surface area contributed by atoms with Crippen molar-refractivity contribution in [2.24, 2.45) is 0 Å². The van der Waals surface area contributed by atoms with Crippen molar-refractivity contribution in [1.29, 1.82) is 0 Å². The van der Waals surface area contributed by atoms with Crippen LogP contribution >= 0.6 is 0 Å². The number of carbonyl (C=O) groups excluding carboxylic acids is 1. The van der Waals surface area contributed by atoms with Gasteiger partial charge in [0, 0.05) is 19.2 Å². The van der Waals surface area contributed by atoms with E-state index in [1.165, 1.54) is 0 Å². The number of carbonyl (C=O) groups is 1. The van der Waals surface area contributed by atoms with Crippen molar-refractivity contribution >= 4 is 11.5 Å². The van der Waals surface area contributed by atoms with Crippen LogP contribution in [0.4, 0.5) is 0 Å². The topological polar surface area (TPSA) is 20.3 Å². The largest absolute Gasteiger partial charge is 0.338 e. The molecule has 0 unspecified atom stereocenters. The fourth-order valence-corrected chi connectivity index (χ4v) is 1.79. The number of amides is 1. The van der Waals surface area contributed by atoms with Gasteiger partial charge in [0.2, 0.25) is 5.91 Å². The maximum Gasteiger partial charge on any atom is 0.249 e. The maximum absolute atomic E-state index is 11.6. The Morgan fingerprint density at radius 3 is 2.36 bits per heavy atom. The van der Waals surface area contributed by atoms with E-state index in [0.29, 0.717) is 0 Å². The van der Waals surface area contributed by atoms with Crippen LogP contribution in [-0.4, -0.2) is 24.4 Å². The van der Waals surface area contributed by atoms with E-state index in [4.69, 9.17) is 0 Å². The molecule has 1 aliphatic heterocycles. The van der Waals surface area contributed by atoms with Crippen LogP contribution in [0.5, 0.6) is 0 Å². The lowest BCUT2D eigenvalue weighted by molar-refractivity contribution is -0.124. The second-order valence-corrected chi connectivity index (χ2v) is 3.63. The van der Waals surface area contributed by atoms with Gasteiger partial charge in [-0.15, -0.1) is 0 Å². The first-order valence-electron chi connectivity index (χ1n) is 4.71. The first kappa shape index (κ1) is 9.00. The molecule has 0 N–H and O–H groups in total. The zero-order valence-electron chi connectivity index (χ0n) is 8.45. The van der Waals surface area contributed by atoms with Gasteiger partial charge in [0.15, 0.2) is 0 Å². The Morgan fingerprint density at radius 2 is 1.86 bits per heavy atom. The van der Waals surface area contributed by atoms with Gasteiger partial charge in [-0.3, -0.25) is 4.79 Å². The van der Waals surface area contributed by atoms with Crippen LogP contribution in [0.15, 0.2) is 35.9 Å². The number of rotatable bonds is 1. The molecule has 1 heterocycles. The van der Waals surface area contributed by atoms with Crippen molar-refractivity contribution in [3.63, 3.8) is 0 Å². The van der Waals surface area contributed by atoms with Crippen LogP contribution in [0.1, 0.15) is 12.5 Å². The van der Waals surface area contributed by atoms with Gasteiger partial charge in [-0.25, -0.2) is 0 Å². The molecule has 72 valence electrons. The van der Waals surface area contributed by atoms with Gasteiger partial charge in [-0.1, -0.05) is 30.3 Å². The Balaban J connectivity index is 2.42. The Bertz CT molecular complexity index is 392. The molecular formula is C12H13NO. The number of benzene rings is 1. The highest BCUT2D eigenvalue weighted by Crippen LogP contribution is 2.26. The summed E-state index contributed by atoms with van der Waals surface area (Å²) in [6, 6.07) is 10.1. The summed E-state index contributed by atoms with van der Waals surface area (Å²) in [7, 11) is 1.84. The number of nitrogens with zero attached hydrogens (tertiary/aromatic N) is 1. The number of hydrogen-bond donors (Lipinski definition) is 0. The van der Waals surface area contributed by atoms with Gasteiger partial charge in [0.1, 0.15) is 0 Å². The minimum atomic E-state index is 0.142. The summed E-state index contributed by atoms with van der Waals surface area (Å²) in [6.07, 6.45) is 0. The highest BCUT2D eigenvalue weighted by Gasteiger charge is 2.24. The van der Waals surface area contributed by atoms with Crippen molar-refractivity contribution in [2.75, 3.05) is 13.6 Å². The number of likely N-dealkylation sites (N-methyl/N-ethyl adjacent to an activating group) is 1. The molecule has 14 heavy (non-hydrogen) atoms. The zero-order chi connectivity index (χ0) is 10.1. The summed E-state index contributed by atoms with van der Waals surface area (Å²) in [5.74, 6) is 0.142. The molecule has 0 atom stereocenters. The minimum absolute atomic E-state index is 0.142. The van der Waals surface area contributed by atoms with E-state index in [0.717, 1.165) is 23.3 Å². The molecule has 2 heteroatoms. The molecule has 0 aromatic heterocycles. The van der Waals surface area contributed by atoms with Crippen molar-refractivity contribution < 1.29 is 4.79 Å². The van der Waals surface area contributed by atoms with E-state index in [1.54, 1.807) is 4.90 Å². The predicted octanol–water partition coefficient (Wildman–Crippen LogP) is 1.93. The van der Waals surface area contributed by atoms with Gasteiger partial charge in [-0.2, -0.15) is 0 Å². The molecule has 0 bridgehead atoms. The van der Waals surface area contributed by atoms with Crippen molar-refractivity contribution in [3.8, 4) is 0 Å². The van der Waals surface area contributed by atoms with E-state index >= 15 is 0 Å². The van der Waals surface area contributed by atoms with Crippen LogP contribution in [0.25, 0.3) is 5.57 Å². The molecule has 1 aromatic rings. The Morgan fingerprint density at radius 1 is 1.21 bits per heavy atom. The van der Waals surface area contributed by atoms with Crippen molar-refractivity contribution in [3.05, 3.63) is 41.5 Å². The predicted molar refractivity (Wildman–Crippen MR) is 56.7 cm³/mol. The molecule has 0 radical (unpaired) electrons. The summed E-state index contributed by atoms with van der Waals surface area (Å²) in [6.45, 7) is 2.63. The van der Waals surface area contributed by atoms with Crippen LogP contribution in [-0.2, 0) is 4.79 Å². The molecule has 2 rings (SSSR count). The third-order valence-corrected chi connectivity index (χ3v) is 2.64. The lowest BCUT2D eigenvalue weighted by Gasteiger charge is -2.08. The van der Waals surface area contributed by atoms with Crippen LogP contribution in [0.2, 0.25) is 0 Å². The highest BCUT2D eigenvalue weighted by molar-refractivity contribution is 6.05. The fourth-order valence-electron chi connectivity index (χ4n) is 1.79. The minimum Gasteiger partial charge on any atom is -0.338 e. The standard InChI is InChI=1S/C12H13NO/c1-9-11(8-13(2)12(9)14)10-6-4-3-5-7-10/h3-7H,8H2,1-2H3. The summed E-state index contributed by atoms with van der Waals surface area (Å²) < 4.78 is 0. The first-order valence-corrected chi connectivity index (χ1v) is 4.71. The normalized spacial score (nSPS) is 16.7. The lowest BCUT2D eigenvalue weighted by Crippen LogP contribution is -2.21. The number of hydrogen-bond acceptors (Lipinski definition) is 1. The average Bonchev–Trinajstić information content (AvgIpc) is 2.47. The van der Waals surface area contributed by atoms with Crippen LogP contribution < -0.4 is 0 Å². The second-order valence-electron chi connectivity index (χ2n) is 3.63. The Kier molecular flexibility index (Phi) is 2.12. The molecule has 0 fully saturated rings. The third-order valence-electron chi connectivity index (χ3n) is 2.64. The van der Waals surface area contributed by atoms with E-state index in [2.05, 4.69) is 0 Å². The van der Waals surface area contributed by atoms with E-state index in [1.807, 2.05) is 44.3 Å². The molecule has 1 aromatic carbocycles. The van der Waals surface area contributed by atoms with E-state index in [-0.39, 0.29) is 5.91 Å². The van der Waals surface area contributed by atoms with Gasteiger partial charge >= 0.3 is 0 Å². The van der Waals surface area contributed by atoms with E-state index < -0.39 is 0 Å². The molecule has 0 spiro atoms. The smallest absolute Gasteiger partial charge is 0.249 e. The summed E-state index contributed by atoms with van der Waals surface area (Å²) in [5, 5.41) is 0. The van der Waals surface area contributed by atoms with Crippen LogP contribution in [0.3, 0.4) is 0 Å². The lowest BCUT2D eigenvalue weighted by atomic mass is 10.0. The van der Waals surface area contributed by atoms with Gasteiger partial charge in [0.25, 0.3) is 0 Å².